The number of rotatable bonds is 0. The van der Waals surface area contributed by atoms with Crippen molar-refractivity contribution < 1.29 is 10.2 Å². The third kappa shape index (κ3) is 0.419. The van der Waals surface area contributed by atoms with E-state index in [-0.39, 0.29) is 23.0 Å². The molecule has 8 aliphatic rings. The first-order chi connectivity index (χ1) is 8.75. The van der Waals surface area contributed by atoms with Crippen LogP contribution in [0.4, 0.5) is 0 Å². The van der Waals surface area contributed by atoms with Gasteiger partial charge in [-0.15, -0.1) is 0 Å². The van der Waals surface area contributed by atoms with E-state index in [1.165, 1.54) is 0 Å². The van der Waals surface area contributed by atoms with Gasteiger partial charge in [-0.05, 0) is 60.2 Å². The van der Waals surface area contributed by atoms with E-state index in [4.69, 9.17) is 0 Å². The first-order valence-electron chi connectivity index (χ1n) is 7.80. The molecule has 0 amide bonds. The summed E-state index contributed by atoms with van der Waals surface area (Å²) in [6.45, 7) is 0. The molecule has 2 heteroatoms. The van der Waals surface area contributed by atoms with Crippen LogP contribution in [0.3, 0.4) is 0 Å². The molecule has 8 bridgehead atoms. The molecule has 94 valence electrons. The Kier molecular flexibility index (Phi) is 0.953. The van der Waals surface area contributed by atoms with Crippen molar-refractivity contribution >= 4 is 0 Å². The maximum atomic E-state index is 10.9. The minimum Gasteiger partial charge on any atom is -0.392 e. The van der Waals surface area contributed by atoms with Crippen LogP contribution >= 0.6 is 0 Å². The lowest BCUT2D eigenvalue weighted by Gasteiger charge is -2.53. The fourth-order valence-corrected chi connectivity index (χ4v) is 9.92. The molecule has 2 nitrogen and oxygen atoms in total. The van der Waals surface area contributed by atoms with E-state index in [9.17, 15) is 10.2 Å². The van der Waals surface area contributed by atoms with Crippen LogP contribution in [0, 0.1) is 58.2 Å². The van der Waals surface area contributed by atoms with Gasteiger partial charge in [0.2, 0.25) is 0 Å². The lowest BCUT2D eigenvalue weighted by Crippen LogP contribution is -2.56. The minimum atomic E-state index is -0.107. The van der Waals surface area contributed by atoms with Gasteiger partial charge in [0.1, 0.15) is 0 Å². The van der Waals surface area contributed by atoms with Crippen LogP contribution in [-0.4, -0.2) is 22.4 Å². The molecule has 0 aromatic carbocycles. The zero-order valence-corrected chi connectivity index (χ0v) is 10.2. The van der Waals surface area contributed by atoms with E-state index in [0.29, 0.717) is 11.8 Å². The number of aliphatic hydroxyl groups is 2. The Morgan fingerprint density at radius 1 is 0.778 bits per heavy atom. The molecule has 0 aromatic heterocycles. The fourth-order valence-electron chi connectivity index (χ4n) is 9.92. The second-order valence-corrected chi connectivity index (χ2v) is 8.34. The second-order valence-electron chi connectivity index (χ2n) is 8.34. The quantitative estimate of drug-likeness (QED) is 0.623. The van der Waals surface area contributed by atoms with Gasteiger partial charge in [0.05, 0.1) is 12.2 Å². The molecule has 2 N–H and O–H groups in total. The van der Waals surface area contributed by atoms with Gasteiger partial charge in [0.25, 0.3) is 0 Å². The van der Waals surface area contributed by atoms with Gasteiger partial charge in [0.15, 0.2) is 0 Å². The van der Waals surface area contributed by atoms with E-state index < -0.39 is 0 Å². The van der Waals surface area contributed by atoms with Crippen molar-refractivity contribution in [1.29, 1.82) is 0 Å². The van der Waals surface area contributed by atoms with Crippen LogP contribution in [0.5, 0.6) is 0 Å². The number of allylic oxidation sites excluding steroid dienone is 2. The Balaban J connectivity index is 1.71. The number of aliphatic hydroxyl groups excluding tert-OH is 2. The van der Waals surface area contributed by atoms with Crippen molar-refractivity contribution in [3.63, 3.8) is 0 Å². The molecule has 12 atom stereocenters. The van der Waals surface area contributed by atoms with E-state index in [1.54, 1.807) is 0 Å². The van der Waals surface area contributed by atoms with Crippen molar-refractivity contribution in [2.24, 2.45) is 58.2 Å². The molecule has 2 unspecified atom stereocenters. The Morgan fingerprint density at radius 3 is 1.78 bits per heavy atom. The van der Waals surface area contributed by atoms with E-state index in [2.05, 4.69) is 12.2 Å². The third-order valence-corrected chi connectivity index (χ3v) is 9.15. The zero-order chi connectivity index (χ0) is 11.6. The summed E-state index contributed by atoms with van der Waals surface area (Å²) in [5.74, 6) is 6.05. The van der Waals surface area contributed by atoms with Crippen molar-refractivity contribution in [3.8, 4) is 0 Å². The normalized spacial score (nSPS) is 86.1. The average molecular weight is 242 g/mol. The van der Waals surface area contributed by atoms with Crippen molar-refractivity contribution in [2.45, 2.75) is 25.0 Å². The summed E-state index contributed by atoms with van der Waals surface area (Å²) in [4.78, 5) is 0. The number of hydrogen-bond acceptors (Lipinski definition) is 2. The second kappa shape index (κ2) is 1.96. The van der Waals surface area contributed by atoms with Gasteiger partial charge in [0, 0.05) is 10.8 Å². The van der Waals surface area contributed by atoms with Crippen molar-refractivity contribution in [1.82, 2.24) is 0 Å². The highest BCUT2D eigenvalue weighted by Crippen LogP contribution is 2.99. The predicted octanol–water partition coefficient (Wildman–Crippen LogP) is 1.04. The SMILES string of the molecule is O[C@@H]1C[C@@H]2[C@H]3C[C@H](O)[C@@]45[C@@H]3C3C6[C@@H]4C=C[C@@H]6[C@]15[C@@H]32. The molecule has 2 spiro atoms. The molecule has 8 aliphatic carbocycles. The first-order valence-corrected chi connectivity index (χ1v) is 7.80. The summed E-state index contributed by atoms with van der Waals surface area (Å²) in [6.07, 6.45) is 6.76. The lowest BCUT2D eigenvalue weighted by atomic mass is 9.52. The highest BCUT2D eigenvalue weighted by atomic mass is 16.3. The molecular formula is C16H18O2. The monoisotopic (exact) mass is 242 g/mol. The van der Waals surface area contributed by atoms with Gasteiger partial charge in [-0.3, -0.25) is 0 Å². The topological polar surface area (TPSA) is 40.5 Å². The smallest absolute Gasteiger partial charge is 0.0614 e. The van der Waals surface area contributed by atoms with Gasteiger partial charge in [-0.25, -0.2) is 0 Å². The average Bonchev–Trinajstić information content (AvgIpc) is 3.06. The molecule has 7 fully saturated rings. The zero-order valence-electron chi connectivity index (χ0n) is 10.2. The number of hydrogen-bond donors (Lipinski definition) is 2. The molecule has 8 rings (SSSR count). The van der Waals surface area contributed by atoms with E-state index in [1.807, 2.05) is 0 Å². The van der Waals surface area contributed by atoms with Crippen LogP contribution in [0.2, 0.25) is 0 Å². The first kappa shape index (κ1) is 8.76. The van der Waals surface area contributed by atoms with Gasteiger partial charge >= 0.3 is 0 Å². The molecule has 0 saturated heterocycles. The Morgan fingerprint density at radius 2 is 1.28 bits per heavy atom. The molecular weight excluding hydrogens is 224 g/mol. The maximum Gasteiger partial charge on any atom is 0.0614 e. The summed E-state index contributed by atoms with van der Waals surface area (Å²) in [5, 5.41) is 21.8. The Bertz CT molecular complexity index is 509. The van der Waals surface area contributed by atoms with E-state index >= 15 is 0 Å². The molecule has 0 aromatic rings. The molecule has 0 aliphatic heterocycles. The molecule has 0 radical (unpaired) electrons. The summed E-state index contributed by atoms with van der Waals surface area (Å²) < 4.78 is 0. The van der Waals surface area contributed by atoms with Crippen LogP contribution in [0.25, 0.3) is 0 Å². The molecule has 7 saturated carbocycles. The summed E-state index contributed by atoms with van der Waals surface area (Å²) in [7, 11) is 0. The fraction of sp³-hybridized carbons (Fsp3) is 0.875. The standard InChI is InChI=1S/C16H18O2/c17-9-3-5-6-4-10(18)16-8-2-1-7-11(8)12(14(6)16)13(5)15(7,9)16/h1-2,5-14,17-18H,3-4H2/t5-,6-,7+,8+,9-,10+,11?,12?,13-,14+,15-,16-/m1/s1. The van der Waals surface area contributed by atoms with Crippen molar-refractivity contribution in [2.75, 3.05) is 0 Å². The number of fused-ring (bicyclic) bond motifs is 1. The molecule has 0 heterocycles. The van der Waals surface area contributed by atoms with Crippen LogP contribution in [0.1, 0.15) is 12.8 Å². The minimum absolute atomic E-state index is 0.107. The molecule has 18 heavy (non-hydrogen) atoms. The van der Waals surface area contributed by atoms with Crippen molar-refractivity contribution in [3.05, 3.63) is 12.2 Å². The largest absolute Gasteiger partial charge is 0.392 e. The van der Waals surface area contributed by atoms with Gasteiger partial charge in [-0.1, -0.05) is 12.2 Å². The third-order valence-electron chi connectivity index (χ3n) is 9.15. The Hall–Kier alpha value is -0.340. The van der Waals surface area contributed by atoms with Crippen LogP contribution < -0.4 is 0 Å². The summed E-state index contributed by atoms with van der Waals surface area (Å²) in [5.41, 5.74) is 0.257. The highest BCUT2D eigenvalue weighted by Gasteiger charge is 2.98. The van der Waals surface area contributed by atoms with E-state index in [0.717, 1.165) is 48.3 Å². The van der Waals surface area contributed by atoms with Gasteiger partial charge in [-0.2, -0.15) is 0 Å². The van der Waals surface area contributed by atoms with Gasteiger partial charge < -0.3 is 10.2 Å². The summed E-state index contributed by atoms with van der Waals surface area (Å²) in [6, 6.07) is 0. The lowest BCUT2D eigenvalue weighted by molar-refractivity contribution is -0.128. The predicted molar refractivity (Wildman–Crippen MR) is 63.2 cm³/mol. The maximum absolute atomic E-state index is 10.9. The van der Waals surface area contributed by atoms with Crippen LogP contribution in [0.15, 0.2) is 12.2 Å². The highest BCUT2D eigenvalue weighted by molar-refractivity contribution is 5.50. The van der Waals surface area contributed by atoms with Crippen LogP contribution in [-0.2, 0) is 0 Å². The Labute approximate surface area is 106 Å². The summed E-state index contributed by atoms with van der Waals surface area (Å²) >= 11 is 0.